The van der Waals surface area contributed by atoms with E-state index in [2.05, 4.69) is 0 Å². The summed E-state index contributed by atoms with van der Waals surface area (Å²) in [6.07, 6.45) is 0. The van der Waals surface area contributed by atoms with Crippen molar-refractivity contribution in [3.05, 3.63) is 36.4 Å². The first-order valence-corrected chi connectivity index (χ1v) is 6.96. The van der Waals surface area contributed by atoms with Gasteiger partial charge in [0.15, 0.2) is 0 Å². The molecular formula is C12H11KN2O4S. The summed E-state index contributed by atoms with van der Waals surface area (Å²) in [4.78, 5) is 11.2. The number of fused-ring (bicyclic) bond motifs is 1. The first-order valence-electron chi connectivity index (χ1n) is 5.52. The molecule has 2 N–H and O–H groups in total. The van der Waals surface area contributed by atoms with Crippen LogP contribution < -0.4 is 60.4 Å². The summed E-state index contributed by atoms with van der Waals surface area (Å²) in [5.41, 5.74) is 0.0945. The summed E-state index contributed by atoms with van der Waals surface area (Å²) in [6.45, 7) is -0.325. The molecule has 0 spiro atoms. The van der Waals surface area contributed by atoms with Crippen molar-refractivity contribution in [2.24, 2.45) is 0 Å². The van der Waals surface area contributed by atoms with Gasteiger partial charge < -0.3 is 6.53 Å². The van der Waals surface area contributed by atoms with Gasteiger partial charge in [0.25, 0.3) is 5.91 Å². The minimum atomic E-state index is -3.91. The van der Waals surface area contributed by atoms with Crippen molar-refractivity contribution in [2.45, 2.75) is 0 Å². The molecule has 1 aliphatic heterocycles. The van der Waals surface area contributed by atoms with Crippen LogP contribution in [0.5, 0.6) is 5.75 Å². The normalized spacial score (nSPS) is 16.8. The van der Waals surface area contributed by atoms with Crippen molar-refractivity contribution in [3.8, 4) is 5.75 Å². The molecule has 6 nitrogen and oxygen atoms in total. The third-order valence-electron chi connectivity index (χ3n) is 2.93. The van der Waals surface area contributed by atoms with Gasteiger partial charge >= 0.3 is 61.6 Å². The van der Waals surface area contributed by atoms with Crippen LogP contribution in [0, 0.1) is 0 Å². The van der Waals surface area contributed by atoms with Crippen LogP contribution in [0.2, 0.25) is 0 Å². The molecule has 0 aromatic heterocycles. The smallest absolute Gasteiger partial charge is 1.00 e. The zero-order valence-electron chi connectivity index (χ0n) is 11.7. The van der Waals surface area contributed by atoms with Gasteiger partial charge in [-0.3, -0.25) is 4.79 Å². The Bertz CT molecular complexity index is 797. The summed E-state index contributed by atoms with van der Waals surface area (Å²) in [7, 11) is -3.91. The molecule has 0 unspecified atom stereocenters. The fraction of sp³-hybridized carbons (Fsp3) is 0.0833. The molecule has 1 saturated heterocycles. The number of rotatable bonds is 1. The Morgan fingerprint density at radius 2 is 1.80 bits per heavy atom. The topological polar surface area (TPSA) is 86.7 Å². The van der Waals surface area contributed by atoms with Gasteiger partial charge in [0.2, 0.25) is 0 Å². The standard InChI is InChI=1S/C12H10N2O4S.K.H/c15-11-6-9-4-2-1-3-8(9)5-10(11)14-7-12(16)13-19(14,17)18;;/h1-6,15H,7H2,(H,13,16);;/q;+1;-1. The molecule has 0 aliphatic carbocycles. The maximum Gasteiger partial charge on any atom is 1.00 e. The molecule has 0 atom stereocenters. The number of nitrogens with zero attached hydrogens (tertiary/aromatic N) is 1. The molecule has 0 bridgehead atoms. The van der Waals surface area contributed by atoms with E-state index in [0.29, 0.717) is 0 Å². The summed E-state index contributed by atoms with van der Waals surface area (Å²) in [5, 5.41) is 11.5. The second kappa shape index (κ2) is 5.62. The average Bonchev–Trinajstić information content (AvgIpc) is 2.61. The first-order chi connectivity index (χ1) is 8.97. The molecule has 1 aliphatic rings. The van der Waals surface area contributed by atoms with E-state index in [1.807, 2.05) is 16.9 Å². The maximum absolute atomic E-state index is 11.7. The van der Waals surface area contributed by atoms with E-state index < -0.39 is 16.1 Å². The van der Waals surface area contributed by atoms with Crippen LogP contribution in [-0.4, -0.2) is 26.0 Å². The molecule has 8 heteroatoms. The van der Waals surface area contributed by atoms with Gasteiger partial charge in [0.05, 0.1) is 5.69 Å². The number of hydrogen-bond donors (Lipinski definition) is 2. The van der Waals surface area contributed by atoms with E-state index in [1.165, 1.54) is 6.07 Å². The largest absolute Gasteiger partial charge is 1.00 e. The fourth-order valence-electron chi connectivity index (χ4n) is 2.08. The molecule has 2 aromatic carbocycles. The second-order valence-corrected chi connectivity index (χ2v) is 5.82. The van der Waals surface area contributed by atoms with Crippen molar-refractivity contribution in [3.63, 3.8) is 0 Å². The van der Waals surface area contributed by atoms with Crippen LogP contribution in [0.1, 0.15) is 1.43 Å². The Kier molecular flexibility index (Phi) is 4.43. The van der Waals surface area contributed by atoms with Crippen LogP contribution >= 0.6 is 0 Å². The quantitative estimate of drug-likeness (QED) is 0.587. The van der Waals surface area contributed by atoms with Crippen molar-refractivity contribution in [1.82, 2.24) is 4.72 Å². The van der Waals surface area contributed by atoms with Gasteiger partial charge in [-0.25, -0.2) is 9.03 Å². The van der Waals surface area contributed by atoms with E-state index in [4.69, 9.17) is 0 Å². The van der Waals surface area contributed by atoms with Crippen molar-refractivity contribution in [2.75, 3.05) is 10.8 Å². The van der Waals surface area contributed by atoms with Gasteiger partial charge in [-0.05, 0) is 22.9 Å². The predicted octanol–water partition coefficient (Wildman–Crippen LogP) is -2.16. The van der Waals surface area contributed by atoms with Gasteiger partial charge in [-0.15, -0.1) is 0 Å². The first kappa shape index (κ1) is 15.7. The number of amides is 1. The number of phenolic OH excluding ortho intramolecular Hbond substituents is 1. The van der Waals surface area contributed by atoms with Crippen LogP contribution in [0.25, 0.3) is 10.8 Å². The van der Waals surface area contributed by atoms with Crippen LogP contribution in [0.4, 0.5) is 5.69 Å². The second-order valence-electron chi connectivity index (χ2n) is 4.22. The molecule has 1 heterocycles. The number of hydrogen-bond acceptors (Lipinski definition) is 4. The number of phenols is 1. The number of benzene rings is 2. The number of carbonyl (C=O) groups is 1. The van der Waals surface area contributed by atoms with E-state index in [0.717, 1.165) is 15.1 Å². The molecular weight excluding hydrogens is 307 g/mol. The Labute approximate surface area is 159 Å². The Hall–Kier alpha value is -0.644. The van der Waals surface area contributed by atoms with Crippen molar-refractivity contribution in [1.29, 1.82) is 0 Å². The third-order valence-corrected chi connectivity index (χ3v) is 4.32. The van der Waals surface area contributed by atoms with Crippen molar-refractivity contribution >= 4 is 32.6 Å². The monoisotopic (exact) mass is 318 g/mol. The van der Waals surface area contributed by atoms with Crippen molar-refractivity contribution < 1.29 is 71.1 Å². The Morgan fingerprint density at radius 1 is 1.20 bits per heavy atom. The van der Waals surface area contributed by atoms with Crippen LogP contribution in [0.3, 0.4) is 0 Å². The molecule has 0 saturated carbocycles. The Balaban J connectivity index is 0.00000110. The molecule has 1 amide bonds. The molecule has 2 aromatic rings. The average molecular weight is 318 g/mol. The van der Waals surface area contributed by atoms with E-state index in [-0.39, 0.29) is 70.8 Å². The van der Waals surface area contributed by atoms with Gasteiger partial charge in [-0.2, -0.15) is 8.42 Å². The maximum atomic E-state index is 11.7. The number of anilines is 1. The summed E-state index contributed by atoms with van der Waals surface area (Å²) in [5.74, 6) is -0.800. The number of carbonyl (C=O) groups excluding carboxylic acids is 1. The molecule has 20 heavy (non-hydrogen) atoms. The summed E-state index contributed by atoms with van der Waals surface area (Å²) < 4.78 is 26.2. The van der Waals surface area contributed by atoms with Gasteiger partial charge in [0, 0.05) is 0 Å². The molecule has 0 radical (unpaired) electrons. The molecule has 1 fully saturated rings. The minimum Gasteiger partial charge on any atom is -1.00 e. The number of aromatic hydroxyl groups is 1. The van der Waals surface area contributed by atoms with Crippen LogP contribution in [0.15, 0.2) is 36.4 Å². The van der Waals surface area contributed by atoms with Gasteiger partial charge in [-0.1, -0.05) is 24.3 Å². The zero-order valence-corrected chi connectivity index (χ0v) is 14.6. The van der Waals surface area contributed by atoms with E-state index >= 15 is 0 Å². The molecule has 3 rings (SSSR count). The van der Waals surface area contributed by atoms with E-state index in [1.54, 1.807) is 18.2 Å². The predicted molar refractivity (Wildman–Crippen MR) is 71.1 cm³/mol. The Morgan fingerprint density at radius 3 is 2.35 bits per heavy atom. The number of nitrogens with one attached hydrogen (secondary N) is 1. The SMILES string of the molecule is O=C1CN(c2cc3ccccc3cc2O)S(=O)(=O)N1.[H-].[K+]. The molecule has 100 valence electrons. The summed E-state index contributed by atoms with van der Waals surface area (Å²) in [6, 6.07) is 10.3. The summed E-state index contributed by atoms with van der Waals surface area (Å²) >= 11 is 0. The third kappa shape index (κ3) is 2.71. The zero-order chi connectivity index (χ0) is 13.6. The minimum absolute atomic E-state index is 0. The van der Waals surface area contributed by atoms with E-state index in [9.17, 15) is 18.3 Å². The van der Waals surface area contributed by atoms with Gasteiger partial charge in [0.1, 0.15) is 12.3 Å². The fourth-order valence-corrected chi connectivity index (χ4v) is 3.23. The van der Waals surface area contributed by atoms with Crippen LogP contribution in [-0.2, 0) is 15.0 Å².